The van der Waals surface area contributed by atoms with Gasteiger partial charge in [0, 0.05) is 0 Å². The van der Waals surface area contributed by atoms with Gasteiger partial charge in [-0.3, -0.25) is 0 Å². The third kappa shape index (κ3) is 17.0. The van der Waals surface area contributed by atoms with Crippen LogP contribution < -0.4 is 0 Å². The first kappa shape index (κ1) is 24.2. The van der Waals surface area contributed by atoms with Crippen molar-refractivity contribution in [1.29, 1.82) is 0 Å². The first-order valence-corrected chi connectivity index (χ1v) is 11.9. The lowest BCUT2D eigenvalue weighted by Crippen LogP contribution is -2.35. The maximum absolute atomic E-state index is 2.30. The minimum atomic E-state index is 1.12. The zero-order valence-corrected chi connectivity index (χ0v) is 18.9. The van der Waals surface area contributed by atoms with Gasteiger partial charge in [-0.2, -0.15) is 0 Å². The minimum absolute atomic E-state index is 1.12. The summed E-state index contributed by atoms with van der Waals surface area (Å²) < 4.78 is 1.12. The van der Waals surface area contributed by atoms with Crippen molar-refractivity contribution in [1.82, 2.24) is 0 Å². The smallest absolute Gasteiger partial charge is 0.0780 e. The van der Waals surface area contributed by atoms with Gasteiger partial charge in [0.1, 0.15) is 0 Å². The van der Waals surface area contributed by atoms with E-state index in [2.05, 4.69) is 51.5 Å². The molecule has 0 aliphatic rings. The molecule has 0 aliphatic carbocycles. The Morgan fingerprint density at radius 3 is 1.26 bits per heavy atom. The van der Waals surface area contributed by atoms with E-state index in [9.17, 15) is 0 Å². The van der Waals surface area contributed by atoms with Crippen molar-refractivity contribution in [3.05, 3.63) is 35.9 Å². The summed E-state index contributed by atoms with van der Waals surface area (Å²) in [6.07, 6.45) is 22.9. The summed E-state index contributed by atoms with van der Waals surface area (Å²) in [5.41, 5.74) is 1.50. The largest absolute Gasteiger partial charge is 0.331 e. The van der Waals surface area contributed by atoms with Crippen LogP contribution in [-0.2, 0) is 6.42 Å². The predicted octanol–water partition coefficient (Wildman–Crippen LogP) is 7.79. The SMILES string of the molecule is C[N+](C)(C)CCCCCCCCCCCCCCCCCc1ccccc1. The maximum Gasteiger partial charge on any atom is 0.0780 e. The highest BCUT2D eigenvalue weighted by molar-refractivity contribution is 5.14. The molecule has 0 atom stereocenters. The van der Waals surface area contributed by atoms with Gasteiger partial charge in [0.05, 0.1) is 27.7 Å². The Bertz CT molecular complexity index is 418. The fourth-order valence-corrected chi connectivity index (χ4v) is 3.86. The molecule has 0 aromatic heterocycles. The first-order chi connectivity index (χ1) is 13.1. The number of benzene rings is 1. The van der Waals surface area contributed by atoms with Crippen LogP contribution in [0.1, 0.15) is 102 Å². The van der Waals surface area contributed by atoms with Crippen molar-refractivity contribution in [2.45, 2.75) is 103 Å². The maximum atomic E-state index is 2.30. The van der Waals surface area contributed by atoms with Crippen LogP contribution in [-0.4, -0.2) is 32.2 Å². The fraction of sp³-hybridized carbons (Fsp3) is 0.769. The van der Waals surface area contributed by atoms with Crippen molar-refractivity contribution >= 4 is 0 Å². The topological polar surface area (TPSA) is 0 Å². The average Bonchev–Trinajstić information content (AvgIpc) is 2.64. The number of aryl methyl sites for hydroxylation is 1. The van der Waals surface area contributed by atoms with E-state index in [4.69, 9.17) is 0 Å². The molecular weight excluding hydrogens is 326 g/mol. The molecule has 27 heavy (non-hydrogen) atoms. The third-order valence-electron chi connectivity index (χ3n) is 5.64. The molecule has 0 saturated carbocycles. The van der Waals surface area contributed by atoms with Gasteiger partial charge >= 0.3 is 0 Å². The number of unbranched alkanes of at least 4 members (excludes halogenated alkanes) is 14. The number of nitrogens with zero attached hydrogens (tertiary/aromatic N) is 1. The second-order valence-electron chi connectivity index (χ2n) is 9.55. The predicted molar refractivity (Wildman–Crippen MR) is 122 cm³/mol. The second-order valence-corrected chi connectivity index (χ2v) is 9.55. The van der Waals surface area contributed by atoms with E-state index in [1.165, 1.54) is 115 Å². The molecular formula is C26H48N+. The molecule has 0 aliphatic heterocycles. The quantitative estimate of drug-likeness (QED) is 0.182. The van der Waals surface area contributed by atoms with Crippen LogP contribution in [0.2, 0.25) is 0 Å². The molecule has 1 aromatic rings. The second kappa shape index (κ2) is 16.2. The van der Waals surface area contributed by atoms with Crippen LogP contribution in [0.5, 0.6) is 0 Å². The molecule has 0 radical (unpaired) electrons. The Morgan fingerprint density at radius 2 is 0.852 bits per heavy atom. The Morgan fingerprint density at radius 1 is 0.481 bits per heavy atom. The van der Waals surface area contributed by atoms with Crippen molar-refractivity contribution in [3.63, 3.8) is 0 Å². The molecule has 1 heteroatoms. The standard InChI is InChI=1S/C26H48N/c1-27(2,3)25-21-16-14-12-10-8-6-4-5-7-9-11-13-15-18-22-26-23-19-17-20-24-26/h17,19-20,23-24H,4-16,18,21-22,25H2,1-3H3/q+1. The lowest BCUT2D eigenvalue weighted by molar-refractivity contribution is -0.870. The summed E-state index contributed by atoms with van der Waals surface area (Å²) in [6.45, 7) is 1.33. The normalized spacial score (nSPS) is 11.8. The lowest BCUT2D eigenvalue weighted by Gasteiger charge is -2.23. The molecule has 0 bridgehead atoms. The first-order valence-electron chi connectivity index (χ1n) is 11.9. The van der Waals surface area contributed by atoms with Gasteiger partial charge in [-0.25, -0.2) is 0 Å². The van der Waals surface area contributed by atoms with E-state index >= 15 is 0 Å². The Balaban J connectivity index is 1.71. The summed E-state index contributed by atoms with van der Waals surface area (Å²) in [6, 6.07) is 10.9. The molecule has 0 N–H and O–H groups in total. The molecule has 156 valence electrons. The molecule has 1 nitrogen and oxygen atoms in total. The van der Waals surface area contributed by atoms with Crippen molar-refractivity contribution in [3.8, 4) is 0 Å². The summed E-state index contributed by atoms with van der Waals surface area (Å²) in [5, 5.41) is 0. The molecule has 0 fully saturated rings. The van der Waals surface area contributed by atoms with Gasteiger partial charge in [-0.05, 0) is 31.2 Å². The molecule has 0 amide bonds. The Hall–Kier alpha value is -0.820. The van der Waals surface area contributed by atoms with Crippen LogP contribution in [0.25, 0.3) is 0 Å². The van der Waals surface area contributed by atoms with Gasteiger partial charge < -0.3 is 4.48 Å². The van der Waals surface area contributed by atoms with E-state index in [0.29, 0.717) is 0 Å². The van der Waals surface area contributed by atoms with E-state index in [0.717, 1.165) is 4.48 Å². The fourth-order valence-electron chi connectivity index (χ4n) is 3.86. The van der Waals surface area contributed by atoms with Gasteiger partial charge in [0.25, 0.3) is 0 Å². The highest BCUT2D eigenvalue weighted by Crippen LogP contribution is 2.14. The van der Waals surface area contributed by atoms with Gasteiger partial charge in [-0.15, -0.1) is 0 Å². The number of quaternary nitrogens is 1. The highest BCUT2D eigenvalue weighted by atomic mass is 15.3. The van der Waals surface area contributed by atoms with E-state index in [1.54, 1.807) is 0 Å². The van der Waals surface area contributed by atoms with E-state index in [1.807, 2.05) is 0 Å². The molecule has 1 rings (SSSR count). The molecule has 1 aromatic carbocycles. The summed E-state index contributed by atoms with van der Waals surface area (Å²) in [5.74, 6) is 0. The summed E-state index contributed by atoms with van der Waals surface area (Å²) >= 11 is 0. The van der Waals surface area contributed by atoms with Crippen LogP contribution in [0.3, 0.4) is 0 Å². The van der Waals surface area contributed by atoms with Crippen molar-refractivity contribution in [2.24, 2.45) is 0 Å². The monoisotopic (exact) mass is 374 g/mol. The van der Waals surface area contributed by atoms with Crippen molar-refractivity contribution in [2.75, 3.05) is 27.7 Å². The molecule has 0 heterocycles. The van der Waals surface area contributed by atoms with Gasteiger partial charge in [0.15, 0.2) is 0 Å². The zero-order valence-electron chi connectivity index (χ0n) is 18.9. The lowest BCUT2D eigenvalue weighted by atomic mass is 10.0. The molecule has 0 spiro atoms. The van der Waals surface area contributed by atoms with E-state index in [-0.39, 0.29) is 0 Å². The van der Waals surface area contributed by atoms with Crippen LogP contribution in [0.4, 0.5) is 0 Å². The molecule has 0 saturated heterocycles. The van der Waals surface area contributed by atoms with E-state index < -0.39 is 0 Å². The third-order valence-corrected chi connectivity index (χ3v) is 5.64. The Labute approximate surface area is 171 Å². The van der Waals surface area contributed by atoms with Gasteiger partial charge in [0.2, 0.25) is 0 Å². The van der Waals surface area contributed by atoms with Crippen LogP contribution in [0, 0.1) is 0 Å². The van der Waals surface area contributed by atoms with Gasteiger partial charge in [-0.1, -0.05) is 107 Å². The Kier molecular flexibility index (Phi) is 14.5. The minimum Gasteiger partial charge on any atom is -0.331 e. The zero-order chi connectivity index (χ0) is 19.6. The number of hydrogen-bond acceptors (Lipinski definition) is 0. The number of hydrogen-bond donors (Lipinski definition) is 0. The van der Waals surface area contributed by atoms with Crippen LogP contribution >= 0.6 is 0 Å². The summed E-state index contributed by atoms with van der Waals surface area (Å²) in [4.78, 5) is 0. The summed E-state index contributed by atoms with van der Waals surface area (Å²) in [7, 11) is 6.89. The van der Waals surface area contributed by atoms with Crippen LogP contribution in [0.15, 0.2) is 30.3 Å². The number of rotatable bonds is 18. The van der Waals surface area contributed by atoms with Crippen molar-refractivity contribution < 1.29 is 4.48 Å². The molecule has 0 unspecified atom stereocenters. The highest BCUT2D eigenvalue weighted by Gasteiger charge is 2.04. The average molecular weight is 375 g/mol.